The van der Waals surface area contributed by atoms with E-state index in [1.54, 1.807) is 0 Å². The summed E-state index contributed by atoms with van der Waals surface area (Å²) in [6, 6.07) is -0.622. The van der Waals surface area contributed by atoms with E-state index >= 15 is 0 Å². The van der Waals surface area contributed by atoms with Crippen LogP contribution >= 0.6 is 0 Å². The van der Waals surface area contributed by atoms with E-state index in [-0.39, 0.29) is 5.92 Å². The summed E-state index contributed by atoms with van der Waals surface area (Å²) in [5.74, 6) is -3.82. The molecular formula is C9H13NO4. The van der Waals surface area contributed by atoms with E-state index in [2.05, 4.69) is 5.32 Å². The van der Waals surface area contributed by atoms with Crippen LogP contribution in [-0.2, 0) is 14.4 Å². The summed E-state index contributed by atoms with van der Waals surface area (Å²) >= 11 is 0. The number of Topliss-reactive ketones (excluding diaryl/α,β-unsaturated/α-hetero) is 1. The lowest BCUT2D eigenvalue weighted by atomic mass is 9.97. The first kappa shape index (κ1) is 10.7. The van der Waals surface area contributed by atoms with Gasteiger partial charge in [-0.15, -0.1) is 0 Å². The SMILES string of the molecule is CC(C)CC1NC(=O)C(C(=O)O)C1=O. The number of aliphatic carboxylic acids is 1. The zero-order chi connectivity index (χ0) is 10.9. The van der Waals surface area contributed by atoms with Gasteiger partial charge in [-0.2, -0.15) is 0 Å². The summed E-state index contributed by atoms with van der Waals surface area (Å²) in [7, 11) is 0. The molecule has 5 nitrogen and oxygen atoms in total. The van der Waals surface area contributed by atoms with Crippen LogP contribution in [-0.4, -0.2) is 28.8 Å². The van der Waals surface area contributed by atoms with Gasteiger partial charge in [0.25, 0.3) is 0 Å². The topological polar surface area (TPSA) is 83.5 Å². The van der Waals surface area contributed by atoms with Crippen molar-refractivity contribution in [1.82, 2.24) is 5.32 Å². The van der Waals surface area contributed by atoms with E-state index in [9.17, 15) is 14.4 Å². The number of hydrogen-bond donors (Lipinski definition) is 2. The van der Waals surface area contributed by atoms with Gasteiger partial charge >= 0.3 is 5.97 Å². The second-order valence-corrected chi connectivity index (χ2v) is 3.86. The van der Waals surface area contributed by atoms with Crippen molar-refractivity contribution >= 4 is 17.7 Å². The van der Waals surface area contributed by atoms with Crippen molar-refractivity contribution in [2.24, 2.45) is 11.8 Å². The van der Waals surface area contributed by atoms with Gasteiger partial charge in [-0.25, -0.2) is 0 Å². The third-order valence-electron chi connectivity index (χ3n) is 2.16. The van der Waals surface area contributed by atoms with Crippen LogP contribution in [0.25, 0.3) is 0 Å². The smallest absolute Gasteiger partial charge is 0.323 e. The fraction of sp³-hybridized carbons (Fsp3) is 0.667. The summed E-state index contributed by atoms with van der Waals surface area (Å²) in [5, 5.41) is 11.0. The molecule has 0 bridgehead atoms. The molecule has 2 N–H and O–H groups in total. The second-order valence-electron chi connectivity index (χ2n) is 3.86. The Bertz CT molecular complexity index is 285. The third kappa shape index (κ3) is 1.92. The number of rotatable bonds is 3. The maximum absolute atomic E-state index is 11.4. The van der Waals surface area contributed by atoms with E-state index in [1.807, 2.05) is 13.8 Å². The lowest BCUT2D eigenvalue weighted by molar-refractivity contribution is -0.148. The van der Waals surface area contributed by atoms with E-state index in [4.69, 9.17) is 5.11 Å². The predicted molar refractivity (Wildman–Crippen MR) is 47.5 cm³/mol. The minimum Gasteiger partial charge on any atom is -0.480 e. The monoisotopic (exact) mass is 199 g/mol. The molecule has 2 atom stereocenters. The van der Waals surface area contributed by atoms with Gasteiger partial charge in [0, 0.05) is 0 Å². The Kier molecular flexibility index (Phi) is 2.88. The molecule has 0 aromatic carbocycles. The molecule has 0 aromatic heterocycles. The fourth-order valence-corrected chi connectivity index (χ4v) is 1.54. The lowest BCUT2D eigenvalue weighted by Crippen LogP contribution is -2.30. The van der Waals surface area contributed by atoms with Crippen LogP contribution < -0.4 is 5.32 Å². The van der Waals surface area contributed by atoms with Crippen LogP contribution in [0.2, 0.25) is 0 Å². The molecule has 1 heterocycles. The molecule has 0 aliphatic carbocycles. The Morgan fingerprint density at radius 1 is 1.50 bits per heavy atom. The number of nitrogens with one attached hydrogen (secondary N) is 1. The minimum absolute atomic E-state index is 0.247. The van der Waals surface area contributed by atoms with Gasteiger partial charge in [0.2, 0.25) is 5.91 Å². The van der Waals surface area contributed by atoms with Crippen LogP contribution in [0.5, 0.6) is 0 Å². The highest BCUT2D eigenvalue weighted by Gasteiger charge is 2.45. The molecule has 14 heavy (non-hydrogen) atoms. The highest BCUT2D eigenvalue weighted by Crippen LogP contribution is 2.17. The highest BCUT2D eigenvalue weighted by molar-refractivity contribution is 6.22. The lowest BCUT2D eigenvalue weighted by Gasteiger charge is -2.10. The standard InChI is InChI=1S/C9H13NO4/c1-4(2)3-5-7(11)6(9(13)14)8(12)10-5/h4-6H,3H2,1-2H3,(H,10,12)(H,13,14). The first-order valence-corrected chi connectivity index (χ1v) is 4.50. The Hall–Kier alpha value is -1.39. The average molecular weight is 199 g/mol. The van der Waals surface area contributed by atoms with Gasteiger partial charge in [-0.3, -0.25) is 14.4 Å². The van der Waals surface area contributed by atoms with E-state index in [0.29, 0.717) is 6.42 Å². The molecule has 0 radical (unpaired) electrons. The number of hydrogen-bond acceptors (Lipinski definition) is 3. The number of carboxylic acids is 1. The van der Waals surface area contributed by atoms with Gasteiger partial charge in [0.05, 0.1) is 6.04 Å². The Morgan fingerprint density at radius 2 is 2.07 bits per heavy atom. The molecule has 1 rings (SSSR count). The molecular weight excluding hydrogens is 186 g/mol. The summed E-state index contributed by atoms with van der Waals surface area (Å²) in [4.78, 5) is 33.1. The first-order chi connectivity index (χ1) is 6.43. The molecule has 0 saturated carbocycles. The van der Waals surface area contributed by atoms with Gasteiger partial charge < -0.3 is 10.4 Å². The fourth-order valence-electron chi connectivity index (χ4n) is 1.54. The normalized spacial score (nSPS) is 26.8. The van der Waals surface area contributed by atoms with Crippen molar-refractivity contribution in [3.8, 4) is 0 Å². The molecule has 1 aliphatic rings. The third-order valence-corrected chi connectivity index (χ3v) is 2.16. The second kappa shape index (κ2) is 3.77. The number of carbonyl (C=O) groups excluding carboxylic acids is 2. The molecule has 0 aromatic rings. The molecule has 1 aliphatic heterocycles. The van der Waals surface area contributed by atoms with Crippen molar-refractivity contribution in [2.45, 2.75) is 26.3 Å². The number of carbonyl (C=O) groups is 3. The van der Waals surface area contributed by atoms with Crippen LogP contribution in [0.4, 0.5) is 0 Å². The zero-order valence-electron chi connectivity index (χ0n) is 8.11. The van der Waals surface area contributed by atoms with Crippen molar-refractivity contribution in [3.63, 3.8) is 0 Å². The Balaban J connectivity index is 2.74. The molecule has 78 valence electrons. The van der Waals surface area contributed by atoms with E-state index in [1.165, 1.54) is 0 Å². The molecule has 5 heteroatoms. The maximum Gasteiger partial charge on any atom is 0.323 e. The van der Waals surface area contributed by atoms with Crippen LogP contribution in [0.15, 0.2) is 0 Å². The molecule has 1 amide bonds. The minimum atomic E-state index is -1.50. The quantitative estimate of drug-likeness (QED) is 0.616. The Morgan fingerprint density at radius 3 is 2.43 bits per heavy atom. The molecule has 0 spiro atoms. The van der Waals surface area contributed by atoms with Crippen molar-refractivity contribution < 1.29 is 19.5 Å². The summed E-state index contributed by atoms with van der Waals surface area (Å²) < 4.78 is 0. The van der Waals surface area contributed by atoms with Crippen LogP contribution in [0, 0.1) is 11.8 Å². The Labute approximate surface area is 81.5 Å². The van der Waals surface area contributed by atoms with Gasteiger partial charge in [0.15, 0.2) is 11.7 Å². The summed E-state index contributed by atoms with van der Waals surface area (Å²) in [6.07, 6.45) is 0.494. The maximum atomic E-state index is 11.4. The summed E-state index contributed by atoms with van der Waals surface area (Å²) in [5.41, 5.74) is 0. The van der Waals surface area contributed by atoms with Gasteiger partial charge in [0.1, 0.15) is 0 Å². The van der Waals surface area contributed by atoms with E-state index in [0.717, 1.165) is 0 Å². The molecule has 1 fully saturated rings. The zero-order valence-corrected chi connectivity index (χ0v) is 8.11. The van der Waals surface area contributed by atoms with E-state index < -0.39 is 29.6 Å². The molecule has 2 unspecified atom stereocenters. The summed E-state index contributed by atoms with van der Waals surface area (Å²) in [6.45, 7) is 3.82. The largest absolute Gasteiger partial charge is 0.480 e. The van der Waals surface area contributed by atoms with Crippen molar-refractivity contribution in [3.05, 3.63) is 0 Å². The number of carboxylic acid groups (broad SMARTS) is 1. The van der Waals surface area contributed by atoms with Crippen molar-refractivity contribution in [1.29, 1.82) is 0 Å². The van der Waals surface area contributed by atoms with Gasteiger partial charge in [-0.05, 0) is 12.3 Å². The molecule has 1 saturated heterocycles. The first-order valence-electron chi connectivity index (χ1n) is 4.50. The average Bonchev–Trinajstić information content (AvgIpc) is 2.25. The number of ketones is 1. The van der Waals surface area contributed by atoms with Crippen LogP contribution in [0.1, 0.15) is 20.3 Å². The van der Waals surface area contributed by atoms with Gasteiger partial charge in [-0.1, -0.05) is 13.8 Å². The highest BCUT2D eigenvalue weighted by atomic mass is 16.4. The predicted octanol–water partition coefficient (Wildman–Crippen LogP) is -0.199. The van der Waals surface area contributed by atoms with Crippen LogP contribution in [0.3, 0.4) is 0 Å². The number of amides is 1. The van der Waals surface area contributed by atoms with Crippen molar-refractivity contribution in [2.75, 3.05) is 0 Å².